The van der Waals surface area contributed by atoms with Gasteiger partial charge >= 0.3 is 0 Å². The first-order valence-corrected chi connectivity index (χ1v) is 10.1. The van der Waals surface area contributed by atoms with Crippen LogP contribution in [0.1, 0.15) is 15.9 Å². The van der Waals surface area contributed by atoms with E-state index in [2.05, 4.69) is 15.5 Å². The third-order valence-corrected chi connectivity index (χ3v) is 5.44. The summed E-state index contributed by atoms with van der Waals surface area (Å²) in [6.07, 6.45) is 3.90. The molecule has 2 heterocycles. The molecule has 1 aliphatic heterocycles. The number of methoxy groups -OCH3 is 1. The Morgan fingerprint density at radius 2 is 2.03 bits per heavy atom. The maximum atomic E-state index is 13.1. The van der Waals surface area contributed by atoms with Gasteiger partial charge in [-0.05, 0) is 47.9 Å². The molecule has 0 fully saturated rings. The summed E-state index contributed by atoms with van der Waals surface area (Å²) in [6.45, 7) is 0.250. The number of carbonyl (C=O) groups is 2. The monoisotopic (exact) mass is 436 g/mol. The molecule has 0 saturated heterocycles. The highest BCUT2D eigenvalue weighted by Crippen LogP contribution is 2.32. The van der Waals surface area contributed by atoms with Crippen molar-refractivity contribution in [3.05, 3.63) is 59.9 Å². The molecule has 0 radical (unpaired) electrons. The average molecular weight is 436 g/mol. The third kappa shape index (κ3) is 4.28. The van der Waals surface area contributed by atoms with Gasteiger partial charge in [0.15, 0.2) is 0 Å². The van der Waals surface area contributed by atoms with Crippen molar-refractivity contribution in [2.75, 3.05) is 33.2 Å². The zero-order valence-corrected chi connectivity index (χ0v) is 18.0. The van der Waals surface area contributed by atoms with Crippen molar-refractivity contribution in [1.29, 1.82) is 0 Å². The molecule has 9 nitrogen and oxygen atoms in total. The highest BCUT2D eigenvalue weighted by molar-refractivity contribution is 6.04. The fourth-order valence-corrected chi connectivity index (χ4v) is 3.57. The zero-order valence-electron chi connectivity index (χ0n) is 18.0. The summed E-state index contributed by atoms with van der Waals surface area (Å²) in [5, 5.41) is 10.7. The highest BCUT2D eigenvalue weighted by atomic mass is 16.7. The van der Waals surface area contributed by atoms with Crippen molar-refractivity contribution in [3.63, 3.8) is 0 Å². The number of anilines is 1. The topological polar surface area (TPSA) is 106 Å². The molecule has 2 N–H and O–H groups in total. The summed E-state index contributed by atoms with van der Waals surface area (Å²) < 4.78 is 11.0. The number of rotatable bonds is 6. The number of carbonyl (C=O) groups excluding carboxylic acids is 2. The number of hydroxylamine groups is 2. The molecule has 2 amide bonds. The molecule has 166 valence electrons. The van der Waals surface area contributed by atoms with E-state index in [4.69, 9.17) is 14.3 Å². The number of amides is 2. The van der Waals surface area contributed by atoms with Gasteiger partial charge in [0.25, 0.3) is 5.91 Å². The number of hydrogen-bond donors (Lipinski definition) is 2. The largest absolute Gasteiger partial charge is 0.497 e. The SMILES string of the molecule is COc1ccc2c(c1)CC(C(=O)Nc1ccc(-c3cn[nH]c3)cc1C(=O)N(C)OC)CO2. The number of H-pyrrole nitrogens is 1. The van der Waals surface area contributed by atoms with Crippen LogP contribution in [0.15, 0.2) is 48.8 Å². The van der Waals surface area contributed by atoms with Crippen LogP contribution in [0.2, 0.25) is 0 Å². The van der Waals surface area contributed by atoms with Crippen LogP contribution < -0.4 is 14.8 Å². The standard InChI is InChI=1S/C23H24N4O5/c1-27(31-3)23(29)19-10-14(17-11-24-25-12-17)4-6-20(19)26-22(28)16-8-15-9-18(30-2)5-7-21(15)32-13-16/h4-7,9-12,16H,8,13H2,1-3H3,(H,24,25)(H,26,28). The highest BCUT2D eigenvalue weighted by Gasteiger charge is 2.28. The first kappa shape index (κ1) is 21.4. The lowest BCUT2D eigenvalue weighted by Crippen LogP contribution is -2.33. The van der Waals surface area contributed by atoms with E-state index in [1.54, 1.807) is 31.6 Å². The summed E-state index contributed by atoms with van der Waals surface area (Å²) in [6, 6.07) is 10.8. The smallest absolute Gasteiger partial charge is 0.279 e. The second-order valence-corrected chi connectivity index (χ2v) is 7.41. The molecule has 0 spiro atoms. The number of hydrogen-bond acceptors (Lipinski definition) is 6. The summed E-state index contributed by atoms with van der Waals surface area (Å²) in [5.41, 5.74) is 3.21. The van der Waals surface area contributed by atoms with Crippen molar-refractivity contribution >= 4 is 17.5 Å². The molecule has 4 rings (SSSR count). The van der Waals surface area contributed by atoms with Gasteiger partial charge in [-0.1, -0.05) is 6.07 Å². The molecule has 1 aliphatic rings. The van der Waals surface area contributed by atoms with E-state index in [-0.39, 0.29) is 18.4 Å². The van der Waals surface area contributed by atoms with Gasteiger partial charge in [-0.3, -0.25) is 19.5 Å². The number of aromatic amines is 1. The quantitative estimate of drug-likeness (QED) is 0.576. The normalized spacial score (nSPS) is 14.8. The van der Waals surface area contributed by atoms with Crippen LogP contribution in [-0.2, 0) is 16.1 Å². The lowest BCUT2D eigenvalue weighted by Gasteiger charge is -2.25. The van der Waals surface area contributed by atoms with Crippen LogP contribution in [0.25, 0.3) is 11.1 Å². The van der Waals surface area contributed by atoms with Crippen LogP contribution in [0.3, 0.4) is 0 Å². The van der Waals surface area contributed by atoms with E-state index in [0.29, 0.717) is 23.4 Å². The van der Waals surface area contributed by atoms with Crippen molar-refractivity contribution in [3.8, 4) is 22.6 Å². The molecule has 1 aromatic heterocycles. The molecule has 3 aromatic rings. The van der Waals surface area contributed by atoms with Gasteiger partial charge < -0.3 is 14.8 Å². The molecule has 0 saturated carbocycles. The minimum absolute atomic E-state index is 0.233. The van der Waals surface area contributed by atoms with Crippen LogP contribution in [0.4, 0.5) is 5.69 Å². The van der Waals surface area contributed by atoms with Crippen LogP contribution in [0, 0.1) is 5.92 Å². The van der Waals surface area contributed by atoms with E-state index < -0.39 is 5.92 Å². The van der Waals surface area contributed by atoms with E-state index >= 15 is 0 Å². The van der Waals surface area contributed by atoms with Gasteiger partial charge in [0.1, 0.15) is 18.1 Å². The predicted molar refractivity (Wildman–Crippen MR) is 117 cm³/mol. The summed E-state index contributed by atoms with van der Waals surface area (Å²) in [4.78, 5) is 31.0. The Kier molecular flexibility index (Phi) is 6.09. The molecule has 1 atom stereocenters. The number of benzene rings is 2. The Bertz CT molecular complexity index is 1130. The van der Waals surface area contributed by atoms with Gasteiger partial charge in [0.2, 0.25) is 5.91 Å². The number of ether oxygens (including phenoxy) is 2. The Balaban J connectivity index is 1.59. The van der Waals surface area contributed by atoms with E-state index in [1.807, 2.05) is 24.3 Å². The van der Waals surface area contributed by atoms with E-state index in [0.717, 1.165) is 27.5 Å². The molecular formula is C23H24N4O5. The number of nitrogens with zero attached hydrogens (tertiary/aromatic N) is 2. The third-order valence-electron chi connectivity index (χ3n) is 5.44. The van der Waals surface area contributed by atoms with Crippen LogP contribution >= 0.6 is 0 Å². The molecule has 1 unspecified atom stereocenters. The Morgan fingerprint density at radius 3 is 2.75 bits per heavy atom. The van der Waals surface area contributed by atoms with E-state index in [1.165, 1.54) is 14.2 Å². The zero-order chi connectivity index (χ0) is 22.7. The number of fused-ring (bicyclic) bond motifs is 1. The molecule has 0 bridgehead atoms. The van der Waals surface area contributed by atoms with Gasteiger partial charge in [0, 0.05) is 18.8 Å². The minimum Gasteiger partial charge on any atom is -0.497 e. The predicted octanol–water partition coefficient (Wildman–Crippen LogP) is 2.91. The van der Waals surface area contributed by atoms with Crippen molar-refractivity contribution < 1.29 is 23.9 Å². The first-order valence-electron chi connectivity index (χ1n) is 10.1. The van der Waals surface area contributed by atoms with Crippen LogP contribution in [-0.4, -0.2) is 54.9 Å². The number of nitrogens with one attached hydrogen (secondary N) is 2. The number of aromatic nitrogens is 2. The summed E-state index contributed by atoms with van der Waals surface area (Å²) in [5.74, 6) is 0.425. The van der Waals surface area contributed by atoms with Crippen molar-refractivity contribution in [1.82, 2.24) is 15.3 Å². The Morgan fingerprint density at radius 1 is 1.19 bits per heavy atom. The second kappa shape index (κ2) is 9.11. The van der Waals surface area contributed by atoms with Gasteiger partial charge in [-0.25, -0.2) is 5.06 Å². The lowest BCUT2D eigenvalue weighted by molar-refractivity contribution is -0.121. The molecule has 0 aliphatic carbocycles. The molecule has 9 heteroatoms. The fourth-order valence-electron chi connectivity index (χ4n) is 3.57. The second-order valence-electron chi connectivity index (χ2n) is 7.41. The maximum absolute atomic E-state index is 13.1. The minimum atomic E-state index is -0.411. The van der Waals surface area contributed by atoms with E-state index in [9.17, 15) is 9.59 Å². The lowest BCUT2D eigenvalue weighted by atomic mass is 9.95. The van der Waals surface area contributed by atoms with Crippen molar-refractivity contribution in [2.24, 2.45) is 5.92 Å². The summed E-state index contributed by atoms with van der Waals surface area (Å²) >= 11 is 0. The maximum Gasteiger partial charge on any atom is 0.279 e. The summed E-state index contributed by atoms with van der Waals surface area (Å²) in [7, 11) is 4.51. The fraction of sp³-hybridized carbons (Fsp3) is 0.261. The van der Waals surface area contributed by atoms with Crippen LogP contribution in [0.5, 0.6) is 11.5 Å². The van der Waals surface area contributed by atoms with Gasteiger partial charge in [0.05, 0.1) is 37.6 Å². The Labute approximate surface area is 185 Å². The molecule has 32 heavy (non-hydrogen) atoms. The molecule has 2 aromatic carbocycles. The van der Waals surface area contributed by atoms with Gasteiger partial charge in [-0.2, -0.15) is 5.10 Å². The molecular weight excluding hydrogens is 412 g/mol. The Hall–Kier alpha value is -3.85. The van der Waals surface area contributed by atoms with Crippen molar-refractivity contribution in [2.45, 2.75) is 6.42 Å². The first-order chi connectivity index (χ1) is 15.5. The average Bonchev–Trinajstić information content (AvgIpc) is 3.37. The van der Waals surface area contributed by atoms with Gasteiger partial charge in [-0.15, -0.1) is 0 Å².